The topological polar surface area (TPSA) is 62.5 Å². The molecule has 140 valence electrons. The van der Waals surface area contributed by atoms with E-state index >= 15 is 0 Å². The summed E-state index contributed by atoms with van der Waals surface area (Å²) in [6, 6.07) is 5.53. The number of carbonyl (C=O) groups excluding carboxylic acids is 1. The normalized spacial score (nSPS) is 15.4. The summed E-state index contributed by atoms with van der Waals surface area (Å²) in [5.74, 6) is 0.864. The van der Waals surface area contributed by atoms with E-state index in [-0.39, 0.29) is 18.0 Å². The molecule has 0 unspecified atom stereocenters. The van der Waals surface area contributed by atoms with E-state index in [1.807, 2.05) is 0 Å². The van der Waals surface area contributed by atoms with Crippen LogP contribution in [0.25, 0.3) is 0 Å². The fraction of sp³-hybridized carbons (Fsp3) is 0.471. The van der Waals surface area contributed by atoms with E-state index in [2.05, 4.69) is 10.1 Å². The van der Waals surface area contributed by atoms with Gasteiger partial charge in [0.25, 0.3) is 0 Å². The van der Waals surface area contributed by atoms with Crippen LogP contribution in [0.3, 0.4) is 0 Å². The van der Waals surface area contributed by atoms with Crippen molar-refractivity contribution >= 4 is 11.6 Å². The number of para-hydroxylation sites is 1. The van der Waals surface area contributed by atoms with Crippen molar-refractivity contribution < 1.29 is 22.5 Å². The zero-order chi connectivity index (χ0) is 18.7. The van der Waals surface area contributed by atoms with Gasteiger partial charge in [-0.05, 0) is 19.1 Å². The monoisotopic (exact) mass is 368 g/mol. The number of aromatic nitrogens is 2. The van der Waals surface area contributed by atoms with Gasteiger partial charge in [-0.25, -0.2) is 0 Å². The van der Waals surface area contributed by atoms with Crippen molar-refractivity contribution in [1.29, 1.82) is 0 Å². The summed E-state index contributed by atoms with van der Waals surface area (Å²) in [5, 5.41) is 3.67. The highest BCUT2D eigenvalue weighted by atomic mass is 19.4. The van der Waals surface area contributed by atoms with Gasteiger partial charge in [0.15, 0.2) is 5.82 Å². The predicted molar refractivity (Wildman–Crippen MR) is 87.6 cm³/mol. The Morgan fingerprint density at radius 1 is 1.19 bits per heavy atom. The lowest BCUT2D eigenvalue weighted by atomic mass is 10.1. The minimum absolute atomic E-state index is 0.0652. The molecule has 1 aromatic heterocycles. The third-order valence-corrected chi connectivity index (χ3v) is 4.30. The van der Waals surface area contributed by atoms with Crippen LogP contribution >= 0.6 is 0 Å². The molecule has 6 nitrogen and oxygen atoms in total. The first kappa shape index (κ1) is 18.2. The molecule has 1 aliphatic rings. The average Bonchev–Trinajstić information content (AvgIpc) is 3.04. The molecule has 0 radical (unpaired) electrons. The largest absolute Gasteiger partial charge is 0.418 e. The van der Waals surface area contributed by atoms with E-state index in [1.165, 1.54) is 12.1 Å². The molecule has 1 amide bonds. The van der Waals surface area contributed by atoms with Crippen LogP contribution in [0.4, 0.5) is 18.9 Å². The first-order valence-electron chi connectivity index (χ1n) is 8.33. The number of aryl methyl sites for hydroxylation is 2. The second kappa shape index (κ2) is 7.35. The zero-order valence-electron chi connectivity index (χ0n) is 14.3. The quantitative estimate of drug-likeness (QED) is 0.830. The van der Waals surface area contributed by atoms with Gasteiger partial charge in [0.2, 0.25) is 11.8 Å². The smallest absolute Gasteiger partial charge is 0.367 e. The van der Waals surface area contributed by atoms with Gasteiger partial charge in [-0.2, -0.15) is 18.2 Å². The van der Waals surface area contributed by atoms with Gasteiger partial charge in [-0.3, -0.25) is 4.79 Å². The standard InChI is InChI=1S/C17H19F3N4O2/c1-12-21-15(26-22-12)6-7-16(25)24-10-8-23(9-11-24)14-5-3-2-4-13(14)17(18,19)20/h2-5H,6-11H2,1H3. The Morgan fingerprint density at radius 2 is 1.88 bits per heavy atom. The van der Waals surface area contributed by atoms with Crippen molar-refractivity contribution in [3.05, 3.63) is 41.5 Å². The SMILES string of the molecule is Cc1noc(CCC(=O)N2CCN(c3ccccc3C(F)(F)F)CC2)n1. The number of amides is 1. The van der Waals surface area contributed by atoms with Gasteiger partial charge >= 0.3 is 6.18 Å². The maximum atomic E-state index is 13.2. The van der Waals surface area contributed by atoms with Crippen LogP contribution in [0.15, 0.2) is 28.8 Å². The van der Waals surface area contributed by atoms with Crippen molar-refractivity contribution in [2.45, 2.75) is 25.9 Å². The molecule has 9 heteroatoms. The molecular weight excluding hydrogens is 349 g/mol. The summed E-state index contributed by atoms with van der Waals surface area (Å²) in [5.41, 5.74) is -0.486. The molecule has 0 atom stereocenters. The Kier molecular flexibility index (Phi) is 5.15. The molecule has 2 heterocycles. The Balaban J connectivity index is 1.57. The van der Waals surface area contributed by atoms with Crippen LogP contribution in [0.1, 0.15) is 23.7 Å². The van der Waals surface area contributed by atoms with E-state index in [1.54, 1.807) is 22.8 Å². The van der Waals surface area contributed by atoms with Gasteiger partial charge in [0, 0.05) is 44.7 Å². The first-order valence-corrected chi connectivity index (χ1v) is 8.33. The van der Waals surface area contributed by atoms with Crippen molar-refractivity contribution in [1.82, 2.24) is 15.0 Å². The van der Waals surface area contributed by atoms with Crippen LogP contribution in [-0.2, 0) is 17.4 Å². The maximum Gasteiger partial charge on any atom is 0.418 e. The second-order valence-corrected chi connectivity index (χ2v) is 6.12. The summed E-state index contributed by atoms with van der Waals surface area (Å²) in [6.07, 6.45) is -3.80. The lowest BCUT2D eigenvalue weighted by Crippen LogP contribution is -2.49. The van der Waals surface area contributed by atoms with E-state index in [0.29, 0.717) is 44.3 Å². The van der Waals surface area contributed by atoms with Crippen molar-refractivity contribution in [3.63, 3.8) is 0 Å². The average molecular weight is 368 g/mol. The summed E-state index contributed by atoms with van der Waals surface area (Å²) >= 11 is 0. The second-order valence-electron chi connectivity index (χ2n) is 6.12. The zero-order valence-corrected chi connectivity index (χ0v) is 14.3. The number of benzene rings is 1. The molecule has 26 heavy (non-hydrogen) atoms. The third-order valence-electron chi connectivity index (χ3n) is 4.30. The predicted octanol–water partition coefficient (Wildman–Crippen LogP) is 2.68. The lowest BCUT2D eigenvalue weighted by molar-refractivity contribution is -0.137. The van der Waals surface area contributed by atoms with E-state index in [4.69, 9.17) is 4.52 Å². The molecule has 1 fully saturated rings. The number of halogens is 3. The van der Waals surface area contributed by atoms with Crippen LogP contribution in [0, 0.1) is 6.92 Å². The molecule has 0 aliphatic carbocycles. The molecule has 1 aromatic carbocycles. The molecule has 3 rings (SSSR count). The summed E-state index contributed by atoms with van der Waals surface area (Å²) < 4.78 is 44.5. The van der Waals surface area contributed by atoms with Crippen molar-refractivity contribution in [2.75, 3.05) is 31.1 Å². The lowest BCUT2D eigenvalue weighted by Gasteiger charge is -2.37. The minimum Gasteiger partial charge on any atom is -0.367 e. The number of carbonyl (C=O) groups is 1. The van der Waals surface area contributed by atoms with Gasteiger partial charge < -0.3 is 14.3 Å². The molecule has 1 saturated heterocycles. The van der Waals surface area contributed by atoms with Crippen molar-refractivity contribution in [2.24, 2.45) is 0 Å². The highest BCUT2D eigenvalue weighted by molar-refractivity contribution is 5.76. The third kappa shape index (κ3) is 4.14. The fourth-order valence-electron chi connectivity index (χ4n) is 3.00. The van der Waals surface area contributed by atoms with E-state index in [9.17, 15) is 18.0 Å². The summed E-state index contributed by atoms with van der Waals surface area (Å²) in [4.78, 5) is 19.7. The number of hydrogen-bond donors (Lipinski definition) is 0. The highest BCUT2D eigenvalue weighted by Gasteiger charge is 2.35. The van der Waals surface area contributed by atoms with Crippen LogP contribution in [0.2, 0.25) is 0 Å². The molecule has 0 bridgehead atoms. The number of anilines is 1. The summed E-state index contributed by atoms with van der Waals surface area (Å²) in [6.45, 7) is 3.19. The molecule has 0 N–H and O–H groups in total. The van der Waals surface area contributed by atoms with E-state index < -0.39 is 11.7 Å². The van der Waals surface area contributed by atoms with Crippen LogP contribution < -0.4 is 4.90 Å². The van der Waals surface area contributed by atoms with Crippen molar-refractivity contribution in [3.8, 4) is 0 Å². The number of nitrogens with zero attached hydrogens (tertiary/aromatic N) is 4. The van der Waals surface area contributed by atoms with E-state index in [0.717, 1.165) is 6.07 Å². The summed E-state index contributed by atoms with van der Waals surface area (Å²) in [7, 11) is 0. The van der Waals surface area contributed by atoms with Gasteiger partial charge in [-0.15, -0.1) is 0 Å². The molecule has 2 aromatic rings. The fourth-order valence-corrected chi connectivity index (χ4v) is 3.00. The Morgan fingerprint density at radius 3 is 2.50 bits per heavy atom. The van der Waals surface area contributed by atoms with Crippen LogP contribution in [-0.4, -0.2) is 47.1 Å². The van der Waals surface area contributed by atoms with Gasteiger partial charge in [-0.1, -0.05) is 17.3 Å². The minimum atomic E-state index is -4.40. The molecule has 1 aliphatic heterocycles. The number of alkyl halides is 3. The van der Waals surface area contributed by atoms with Gasteiger partial charge in [0.05, 0.1) is 5.56 Å². The van der Waals surface area contributed by atoms with Gasteiger partial charge in [0.1, 0.15) is 0 Å². The molecular formula is C17H19F3N4O2. The highest BCUT2D eigenvalue weighted by Crippen LogP contribution is 2.36. The molecule has 0 saturated carbocycles. The molecule has 0 spiro atoms. The van der Waals surface area contributed by atoms with Crippen LogP contribution in [0.5, 0.6) is 0 Å². The Bertz CT molecular complexity index is 767. The number of hydrogen-bond acceptors (Lipinski definition) is 5. The number of rotatable bonds is 4. The maximum absolute atomic E-state index is 13.2. The first-order chi connectivity index (χ1) is 12.3. The number of piperazine rings is 1. The Labute approximate surface area is 148 Å². The Hall–Kier alpha value is -2.58.